The van der Waals surface area contributed by atoms with Crippen LogP contribution in [0.1, 0.15) is 13.8 Å². The number of hydrogen-bond acceptors (Lipinski definition) is 3. The third-order valence-corrected chi connectivity index (χ3v) is 3.13. The molecule has 1 aromatic carbocycles. The van der Waals surface area contributed by atoms with Crippen molar-refractivity contribution in [1.29, 1.82) is 0 Å². The number of nitrogens with zero attached hydrogens (tertiary/aromatic N) is 1. The Bertz CT molecular complexity index is 519. The van der Waals surface area contributed by atoms with Crippen molar-refractivity contribution >= 4 is 11.9 Å². The van der Waals surface area contributed by atoms with Gasteiger partial charge in [0.2, 0.25) is 0 Å². The molecular weight excluding hydrogens is 263 g/mol. The molecule has 1 atom stereocenters. The monoisotopic (exact) mass is 280 g/mol. The number of carbonyl (C=O) groups is 2. The Labute approximate surface area is 116 Å². The lowest BCUT2D eigenvalue weighted by atomic mass is 10.1. The number of urea groups is 1. The number of benzene rings is 1. The largest absolute Gasteiger partial charge is 0.489 e. The zero-order valence-electron chi connectivity index (χ0n) is 11.4. The molecule has 1 heterocycles. The van der Waals surface area contributed by atoms with Gasteiger partial charge in [-0.05, 0) is 18.1 Å². The molecule has 1 aromatic rings. The second-order valence-corrected chi connectivity index (χ2v) is 4.94. The van der Waals surface area contributed by atoms with E-state index in [-0.39, 0.29) is 30.7 Å². The third kappa shape index (κ3) is 2.89. The number of hydrogen-bond donors (Lipinski definition) is 1. The molecule has 0 aliphatic carbocycles. The Balaban J connectivity index is 1.90. The maximum Gasteiger partial charge on any atom is 0.324 e. The summed E-state index contributed by atoms with van der Waals surface area (Å²) in [6, 6.07) is 5.09. The maximum atomic E-state index is 13.3. The Kier molecular flexibility index (Phi) is 4.22. The zero-order chi connectivity index (χ0) is 14.7. The topological polar surface area (TPSA) is 58.6 Å². The summed E-state index contributed by atoms with van der Waals surface area (Å²) >= 11 is 0. The standard InChI is InChI=1S/C14H17FN2O3/c1-9(2)12-13(18)17(14(19)16-12)7-8-20-11-6-4-3-5-10(11)15/h3-6,9,12H,7-8H2,1-2H3,(H,16,19). The lowest BCUT2D eigenvalue weighted by Gasteiger charge is -2.15. The van der Waals surface area contributed by atoms with E-state index < -0.39 is 17.9 Å². The van der Waals surface area contributed by atoms with Crippen LogP contribution in [0.4, 0.5) is 9.18 Å². The Morgan fingerprint density at radius 1 is 1.35 bits per heavy atom. The van der Waals surface area contributed by atoms with Gasteiger partial charge in [-0.3, -0.25) is 9.69 Å². The molecule has 2 rings (SSSR count). The van der Waals surface area contributed by atoms with Crippen LogP contribution in [0.15, 0.2) is 24.3 Å². The number of para-hydroxylation sites is 1. The van der Waals surface area contributed by atoms with Crippen molar-refractivity contribution in [2.45, 2.75) is 19.9 Å². The van der Waals surface area contributed by atoms with Crippen molar-refractivity contribution in [1.82, 2.24) is 10.2 Å². The molecule has 0 radical (unpaired) electrons. The fourth-order valence-electron chi connectivity index (χ4n) is 2.01. The van der Waals surface area contributed by atoms with Gasteiger partial charge in [0.05, 0.1) is 6.54 Å². The fraction of sp³-hybridized carbons (Fsp3) is 0.429. The minimum Gasteiger partial charge on any atom is -0.489 e. The van der Waals surface area contributed by atoms with E-state index in [0.717, 1.165) is 4.90 Å². The third-order valence-electron chi connectivity index (χ3n) is 3.13. The number of rotatable bonds is 5. The van der Waals surface area contributed by atoms with Crippen molar-refractivity contribution in [3.05, 3.63) is 30.1 Å². The van der Waals surface area contributed by atoms with E-state index in [1.807, 2.05) is 13.8 Å². The van der Waals surface area contributed by atoms with Gasteiger partial charge in [0.1, 0.15) is 12.6 Å². The number of amides is 3. The summed E-state index contributed by atoms with van der Waals surface area (Å²) in [6.07, 6.45) is 0. The van der Waals surface area contributed by atoms with Gasteiger partial charge in [0, 0.05) is 0 Å². The van der Waals surface area contributed by atoms with Gasteiger partial charge >= 0.3 is 6.03 Å². The molecule has 20 heavy (non-hydrogen) atoms. The van der Waals surface area contributed by atoms with Gasteiger partial charge < -0.3 is 10.1 Å². The SMILES string of the molecule is CC(C)C1NC(=O)N(CCOc2ccccc2F)C1=O. The van der Waals surface area contributed by atoms with E-state index >= 15 is 0 Å². The lowest BCUT2D eigenvalue weighted by Crippen LogP contribution is -2.36. The molecule has 1 saturated heterocycles. The van der Waals surface area contributed by atoms with Gasteiger partial charge in [-0.25, -0.2) is 9.18 Å². The molecule has 1 N–H and O–H groups in total. The fourth-order valence-corrected chi connectivity index (χ4v) is 2.01. The number of imide groups is 1. The van der Waals surface area contributed by atoms with E-state index in [0.29, 0.717) is 0 Å². The molecule has 5 nitrogen and oxygen atoms in total. The predicted octanol–water partition coefficient (Wildman–Crippen LogP) is 1.78. The second-order valence-electron chi connectivity index (χ2n) is 4.94. The molecule has 1 unspecified atom stereocenters. The quantitative estimate of drug-likeness (QED) is 0.836. The van der Waals surface area contributed by atoms with Crippen LogP contribution in [0.5, 0.6) is 5.75 Å². The molecule has 1 aliphatic heterocycles. The number of carbonyl (C=O) groups excluding carboxylic acids is 2. The summed E-state index contributed by atoms with van der Waals surface area (Å²) in [5.41, 5.74) is 0. The van der Waals surface area contributed by atoms with Gasteiger partial charge in [0.15, 0.2) is 11.6 Å². The van der Waals surface area contributed by atoms with E-state index in [1.54, 1.807) is 12.1 Å². The van der Waals surface area contributed by atoms with Crippen LogP contribution in [0, 0.1) is 11.7 Å². The average molecular weight is 280 g/mol. The van der Waals surface area contributed by atoms with Crippen LogP contribution >= 0.6 is 0 Å². The van der Waals surface area contributed by atoms with Crippen LogP contribution in [-0.2, 0) is 4.79 Å². The Morgan fingerprint density at radius 2 is 2.05 bits per heavy atom. The van der Waals surface area contributed by atoms with Crippen LogP contribution in [0.3, 0.4) is 0 Å². The molecule has 1 aliphatic rings. The number of halogens is 1. The summed E-state index contributed by atoms with van der Waals surface area (Å²) in [5, 5.41) is 2.62. The smallest absolute Gasteiger partial charge is 0.324 e. The molecule has 0 bridgehead atoms. The Hall–Kier alpha value is -2.11. The van der Waals surface area contributed by atoms with Crippen LogP contribution < -0.4 is 10.1 Å². The molecule has 1 fully saturated rings. The van der Waals surface area contributed by atoms with Gasteiger partial charge in [-0.15, -0.1) is 0 Å². The van der Waals surface area contributed by atoms with E-state index in [4.69, 9.17) is 4.74 Å². The minimum atomic E-state index is -0.490. The van der Waals surface area contributed by atoms with Crippen LogP contribution in [0.2, 0.25) is 0 Å². The highest BCUT2D eigenvalue weighted by Gasteiger charge is 2.39. The van der Waals surface area contributed by atoms with Gasteiger partial charge in [0.25, 0.3) is 5.91 Å². The lowest BCUT2D eigenvalue weighted by molar-refractivity contribution is -0.128. The number of ether oxygens (including phenoxy) is 1. The Morgan fingerprint density at radius 3 is 2.65 bits per heavy atom. The molecule has 0 spiro atoms. The highest BCUT2D eigenvalue weighted by molar-refractivity contribution is 6.04. The van der Waals surface area contributed by atoms with Crippen LogP contribution in [-0.4, -0.2) is 36.0 Å². The van der Waals surface area contributed by atoms with Crippen molar-refractivity contribution in [2.24, 2.45) is 5.92 Å². The maximum absolute atomic E-state index is 13.3. The van der Waals surface area contributed by atoms with Gasteiger partial charge in [-0.2, -0.15) is 0 Å². The molecule has 0 aromatic heterocycles. The predicted molar refractivity (Wildman–Crippen MR) is 70.8 cm³/mol. The highest BCUT2D eigenvalue weighted by atomic mass is 19.1. The van der Waals surface area contributed by atoms with Crippen molar-refractivity contribution < 1.29 is 18.7 Å². The summed E-state index contributed by atoms with van der Waals surface area (Å²) in [6.45, 7) is 3.89. The van der Waals surface area contributed by atoms with E-state index in [2.05, 4.69) is 5.32 Å². The summed E-state index contributed by atoms with van der Waals surface area (Å²) < 4.78 is 18.6. The first-order valence-electron chi connectivity index (χ1n) is 6.50. The van der Waals surface area contributed by atoms with E-state index in [1.165, 1.54) is 12.1 Å². The summed E-state index contributed by atoms with van der Waals surface area (Å²) in [7, 11) is 0. The average Bonchev–Trinajstić information content (AvgIpc) is 2.68. The highest BCUT2D eigenvalue weighted by Crippen LogP contribution is 2.16. The summed E-state index contributed by atoms with van der Waals surface area (Å²) in [5.74, 6) is -0.587. The van der Waals surface area contributed by atoms with Crippen molar-refractivity contribution in [3.63, 3.8) is 0 Å². The zero-order valence-corrected chi connectivity index (χ0v) is 11.4. The molecule has 108 valence electrons. The normalized spacial score (nSPS) is 18.6. The summed E-state index contributed by atoms with van der Waals surface area (Å²) in [4.78, 5) is 24.8. The first-order chi connectivity index (χ1) is 9.50. The number of nitrogens with one attached hydrogen (secondary N) is 1. The molecule has 0 saturated carbocycles. The second kappa shape index (κ2) is 5.90. The minimum absolute atomic E-state index is 0.0314. The molecule has 6 heteroatoms. The molecule has 3 amide bonds. The molecular formula is C14H17FN2O3. The first-order valence-corrected chi connectivity index (χ1v) is 6.50. The van der Waals surface area contributed by atoms with Crippen molar-refractivity contribution in [3.8, 4) is 5.75 Å². The van der Waals surface area contributed by atoms with Gasteiger partial charge in [-0.1, -0.05) is 26.0 Å². The van der Waals surface area contributed by atoms with Crippen molar-refractivity contribution in [2.75, 3.05) is 13.2 Å². The van der Waals surface area contributed by atoms with Crippen LogP contribution in [0.25, 0.3) is 0 Å². The first kappa shape index (κ1) is 14.3. The van der Waals surface area contributed by atoms with E-state index in [9.17, 15) is 14.0 Å².